The van der Waals surface area contributed by atoms with E-state index in [0.29, 0.717) is 17.5 Å². The number of anilines is 1. The Morgan fingerprint density at radius 1 is 1.07 bits per heavy atom. The van der Waals surface area contributed by atoms with Gasteiger partial charge >= 0.3 is 0 Å². The van der Waals surface area contributed by atoms with Crippen LogP contribution in [0.2, 0.25) is 0 Å². The number of hydrogen-bond acceptors (Lipinski definition) is 10. The van der Waals surface area contributed by atoms with E-state index in [9.17, 15) is 34.8 Å². The number of rotatable bonds is 6. The molecule has 3 aliphatic rings. The van der Waals surface area contributed by atoms with Crippen molar-refractivity contribution >= 4 is 33.9 Å². The molecule has 4 atom stereocenters. The van der Waals surface area contributed by atoms with Crippen molar-refractivity contribution in [1.82, 2.24) is 9.80 Å². The number of aromatic hydroxyl groups is 1. The van der Waals surface area contributed by atoms with Crippen LogP contribution >= 0.6 is 0 Å². The minimum atomic E-state index is -2.67. The third kappa shape index (κ3) is 4.02. The number of fused-ring (bicyclic) bond motifs is 4. The average Bonchev–Trinajstić information content (AvgIpc) is 2.90. The highest BCUT2D eigenvalue weighted by Gasteiger charge is 2.63. The molecule has 0 radical (unpaired) electrons. The molecule has 0 heterocycles. The molecule has 5 rings (SSSR count). The number of allylic oxidation sites excluding steroid dienone is 1. The van der Waals surface area contributed by atoms with Crippen LogP contribution in [-0.2, 0) is 22.6 Å². The molecule has 224 valence electrons. The van der Waals surface area contributed by atoms with Crippen molar-refractivity contribution in [3.63, 3.8) is 0 Å². The van der Waals surface area contributed by atoms with Gasteiger partial charge in [-0.15, -0.1) is 0 Å². The smallest absolute Gasteiger partial charge is 0.255 e. The molecule has 0 aliphatic heterocycles. The summed E-state index contributed by atoms with van der Waals surface area (Å²) in [4.78, 5) is 45.5. The van der Waals surface area contributed by atoms with Crippen molar-refractivity contribution in [2.45, 2.75) is 38.0 Å². The van der Waals surface area contributed by atoms with Gasteiger partial charge in [0.2, 0.25) is 5.78 Å². The number of nitrogens with zero attached hydrogens (tertiary/aromatic N) is 3. The van der Waals surface area contributed by atoms with Crippen LogP contribution < -0.4 is 10.6 Å². The Hall–Kier alpha value is -3.93. The molecule has 3 aliphatic carbocycles. The summed E-state index contributed by atoms with van der Waals surface area (Å²) in [6.45, 7) is 3.50. The second-order valence-corrected chi connectivity index (χ2v) is 12.1. The van der Waals surface area contributed by atoms with E-state index in [1.807, 2.05) is 51.2 Å². The zero-order valence-electron chi connectivity index (χ0n) is 24.7. The lowest BCUT2D eigenvalue weighted by Crippen LogP contribution is -2.63. The van der Waals surface area contributed by atoms with Crippen LogP contribution in [0.3, 0.4) is 0 Å². The Labute approximate surface area is 244 Å². The molecule has 11 nitrogen and oxygen atoms in total. The van der Waals surface area contributed by atoms with Gasteiger partial charge in [0, 0.05) is 48.6 Å². The van der Waals surface area contributed by atoms with Crippen LogP contribution in [0.15, 0.2) is 40.9 Å². The number of carbonyl (C=O) groups is 3. The number of Topliss-reactive ketones (excluding diaryl/α,β-unsaturated/α-hetero) is 2. The molecule has 42 heavy (non-hydrogen) atoms. The molecule has 0 saturated carbocycles. The molecule has 1 amide bonds. The van der Waals surface area contributed by atoms with Gasteiger partial charge in [-0.05, 0) is 63.6 Å². The highest BCUT2D eigenvalue weighted by Crippen LogP contribution is 2.54. The number of likely N-dealkylation sites (N-methyl/N-ethyl adjacent to an activating group) is 1. The highest BCUT2D eigenvalue weighted by molar-refractivity contribution is 6.25. The summed E-state index contributed by atoms with van der Waals surface area (Å²) >= 11 is 0. The maximum Gasteiger partial charge on any atom is 0.255 e. The van der Waals surface area contributed by atoms with E-state index in [-0.39, 0.29) is 29.7 Å². The van der Waals surface area contributed by atoms with Gasteiger partial charge in [0.05, 0.1) is 11.6 Å². The summed E-state index contributed by atoms with van der Waals surface area (Å²) in [7, 11) is 8.90. The van der Waals surface area contributed by atoms with Crippen LogP contribution in [-0.4, -0.2) is 101 Å². The van der Waals surface area contributed by atoms with Crippen LogP contribution in [0.4, 0.5) is 5.69 Å². The first kappa shape index (κ1) is 29.6. The second-order valence-electron chi connectivity index (χ2n) is 12.1. The van der Waals surface area contributed by atoms with Crippen LogP contribution in [0.25, 0.3) is 10.8 Å². The molecule has 11 heteroatoms. The minimum absolute atomic E-state index is 0.00739. The first-order chi connectivity index (χ1) is 19.7. The van der Waals surface area contributed by atoms with Crippen molar-refractivity contribution in [3.05, 3.63) is 57.6 Å². The van der Waals surface area contributed by atoms with E-state index in [2.05, 4.69) is 4.90 Å². The maximum atomic E-state index is 14.2. The first-order valence-electron chi connectivity index (χ1n) is 14.0. The van der Waals surface area contributed by atoms with Crippen molar-refractivity contribution < 1.29 is 34.8 Å². The van der Waals surface area contributed by atoms with Crippen LogP contribution in [0.5, 0.6) is 5.75 Å². The fourth-order valence-corrected chi connectivity index (χ4v) is 7.18. The molecule has 0 saturated heterocycles. The van der Waals surface area contributed by atoms with Gasteiger partial charge in [0.1, 0.15) is 22.8 Å². The Balaban J connectivity index is 1.76. The third-order valence-electron chi connectivity index (χ3n) is 9.17. The van der Waals surface area contributed by atoms with E-state index in [1.165, 1.54) is 4.90 Å². The van der Waals surface area contributed by atoms with Crippen molar-refractivity contribution in [2.24, 2.45) is 17.6 Å². The zero-order chi connectivity index (χ0) is 31.0. The molecule has 0 spiro atoms. The fourth-order valence-electron chi connectivity index (χ4n) is 7.18. The monoisotopic (exact) mass is 578 g/mol. The van der Waals surface area contributed by atoms with Gasteiger partial charge in [-0.2, -0.15) is 0 Å². The fraction of sp³-hybridized carbons (Fsp3) is 0.452. The lowest BCUT2D eigenvalue weighted by Gasteiger charge is -2.50. The molecular formula is C31H38N4O7. The van der Waals surface area contributed by atoms with E-state index < -0.39 is 58.0 Å². The molecule has 0 unspecified atom stereocenters. The Morgan fingerprint density at radius 2 is 1.74 bits per heavy atom. The molecule has 6 N–H and O–H groups in total. The summed E-state index contributed by atoms with van der Waals surface area (Å²) in [6, 6.07) is 4.75. The largest absolute Gasteiger partial charge is 0.510 e. The van der Waals surface area contributed by atoms with Gasteiger partial charge in [-0.3, -0.25) is 19.3 Å². The summed E-state index contributed by atoms with van der Waals surface area (Å²) in [5.74, 6) is -6.60. The van der Waals surface area contributed by atoms with E-state index in [4.69, 9.17) is 5.73 Å². The van der Waals surface area contributed by atoms with Gasteiger partial charge in [-0.1, -0.05) is 19.1 Å². The molecule has 2 aromatic rings. The lowest BCUT2D eigenvalue weighted by atomic mass is 9.58. The Bertz CT molecular complexity index is 1610. The number of ketones is 2. The quantitative estimate of drug-likeness (QED) is 0.319. The minimum Gasteiger partial charge on any atom is -0.510 e. The SMILES string of the molecule is CCN(C)Cc1ccc2c(N(C)C)c3c(c(O)c2c1)C(=O)C1=C(O)[C@]2(O)C(=O)C(C(N)=O)=C(O)[C@@H](N(C)C)[C@@H]2C[C@@H]1C3. The van der Waals surface area contributed by atoms with Gasteiger partial charge in [0.25, 0.3) is 5.91 Å². The Kier molecular flexibility index (Phi) is 7.11. The first-order valence-corrected chi connectivity index (χ1v) is 14.0. The summed E-state index contributed by atoms with van der Waals surface area (Å²) in [5.41, 5.74) is 4.06. The molecular weight excluding hydrogens is 540 g/mol. The van der Waals surface area contributed by atoms with E-state index >= 15 is 0 Å². The number of benzene rings is 2. The summed E-state index contributed by atoms with van der Waals surface area (Å²) in [6.07, 6.45) is 0.269. The normalized spacial score (nSPS) is 25.7. The van der Waals surface area contributed by atoms with Crippen molar-refractivity contribution in [1.29, 1.82) is 0 Å². The standard InChI is InChI=1S/C31H38N4O7/c1-7-35(6)13-14-8-9-16-17(10-14)25(36)21-18(23(16)33(2)3)11-15-12-19-24(34(4)5)27(38)22(30(32)41)29(40)31(19,42)28(39)20(15)26(21)37/h8-10,15,19,24,36,38-39,42H,7,11-13H2,1-6H3,(H2,32,41)/t15-,19-,24-,31-/m0/s1. The predicted octanol–water partition coefficient (Wildman–Crippen LogP) is 1.79. The van der Waals surface area contributed by atoms with Gasteiger partial charge in [-0.25, -0.2) is 0 Å². The number of phenols is 1. The van der Waals surface area contributed by atoms with Crippen molar-refractivity contribution in [3.8, 4) is 5.75 Å². The topological polar surface area (TPSA) is 168 Å². The molecule has 0 aromatic heterocycles. The summed E-state index contributed by atoms with van der Waals surface area (Å²) in [5, 5.41) is 47.2. The van der Waals surface area contributed by atoms with Crippen LogP contribution in [0, 0.1) is 11.8 Å². The number of aliphatic hydroxyl groups is 3. The van der Waals surface area contributed by atoms with Gasteiger partial charge in [0.15, 0.2) is 11.4 Å². The van der Waals surface area contributed by atoms with Crippen molar-refractivity contribution in [2.75, 3.05) is 46.7 Å². The number of nitrogens with two attached hydrogens (primary N) is 1. The molecule has 0 fully saturated rings. The number of aliphatic hydroxyl groups excluding tert-OH is 2. The lowest BCUT2D eigenvalue weighted by molar-refractivity contribution is -0.148. The molecule has 0 bridgehead atoms. The van der Waals surface area contributed by atoms with Crippen LogP contribution in [0.1, 0.15) is 34.8 Å². The Morgan fingerprint density at radius 3 is 2.31 bits per heavy atom. The predicted molar refractivity (Wildman–Crippen MR) is 158 cm³/mol. The third-order valence-corrected chi connectivity index (χ3v) is 9.17. The maximum absolute atomic E-state index is 14.2. The second kappa shape index (κ2) is 10.1. The van der Waals surface area contributed by atoms with E-state index in [0.717, 1.165) is 23.2 Å². The number of amides is 1. The molecule has 2 aromatic carbocycles. The highest BCUT2D eigenvalue weighted by atomic mass is 16.3. The number of phenolic OH excluding ortho intramolecular Hbond substituents is 1. The number of primary amides is 1. The summed E-state index contributed by atoms with van der Waals surface area (Å²) < 4.78 is 0. The number of hydrogen-bond donors (Lipinski definition) is 5. The van der Waals surface area contributed by atoms with E-state index in [1.54, 1.807) is 14.1 Å². The number of carbonyl (C=O) groups excluding carboxylic acids is 3. The average molecular weight is 579 g/mol. The van der Waals surface area contributed by atoms with Gasteiger partial charge < -0.3 is 36.0 Å². The zero-order valence-corrected chi connectivity index (χ0v) is 24.7.